The van der Waals surface area contributed by atoms with E-state index >= 15 is 0 Å². The highest BCUT2D eigenvalue weighted by Crippen LogP contribution is 2.28. The Morgan fingerprint density at radius 1 is 1.29 bits per heavy atom. The van der Waals surface area contributed by atoms with Gasteiger partial charge in [-0.1, -0.05) is 40.0 Å². The van der Waals surface area contributed by atoms with E-state index in [0.717, 1.165) is 17.6 Å². The maximum Gasteiger partial charge on any atom is 0.328 e. The number of pyridine rings is 1. The first-order valence-corrected chi connectivity index (χ1v) is 10.1. The highest BCUT2D eigenvalue weighted by molar-refractivity contribution is 6.07. The molecule has 1 N–H and O–H groups in total. The van der Waals surface area contributed by atoms with Crippen LogP contribution in [0.5, 0.6) is 0 Å². The van der Waals surface area contributed by atoms with Crippen LogP contribution in [0.2, 0.25) is 0 Å². The lowest BCUT2D eigenvalue weighted by Crippen LogP contribution is -2.49. The van der Waals surface area contributed by atoms with Gasteiger partial charge in [0.25, 0.3) is 5.91 Å². The van der Waals surface area contributed by atoms with Crippen LogP contribution in [0.1, 0.15) is 63.2 Å². The van der Waals surface area contributed by atoms with Crippen LogP contribution in [-0.4, -0.2) is 34.6 Å². The van der Waals surface area contributed by atoms with E-state index in [-0.39, 0.29) is 5.91 Å². The summed E-state index contributed by atoms with van der Waals surface area (Å²) in [5, 5.41) is 3.69. The molecule has 0 spiro atoms. The maximum absolute atomic E-state index is 13.1. The second kappa shape index (κ2) is 8.33. The molecule has 1 amide bonds. The number of carbonyl (C=O) groups is 2. The van der Waals surface area contributed by atoms with Crippen LogP contribution in [0.4, 0.5) is 0 Å². The lowest BCUT2D eigenvalue weighted by molar-refractivity contribution is -0.145. The van der Waals surface area contributed by atoms with Gasteiger partial charge >= 0.3 is 5.97 Å². The van der Waals surface area contributed by atoms with E-state index in [0.29, 0.717) is 11.5 Å². The fraction of sp³-hybridized carbons (Fsp3) is 0.591. The number of nitrogens with one attached hydrogen (secondary N) is 1. The van der Waals surface area contributed by atoms with E-state index in [1.807, 2.05) is 39.1 Å². The molecular formula is C22H31N3O3. The van der Waals surface area contributed by atoms with Crippen LogP contribution in [0.25, 0.3) is 11.0 Å². The van der Waals surface area contributed by atoms with Crippen molar-refractivity contribution in [2.45, 2.75) is 65.5 Å². The van der Waals surface area contributed by atoms with Crippen molar-refractivity contribution in [3.63, 3.8) is 0 Å². The number of methoxy groups -OCH3 is 1. The third-order valence-electron chi connectivity index (χ3n) is 5.64. The van der Waals surface area contributed by atoms with Crippen molar-refractivity contribution < 1.29 is 14.3 Å². The molecule has 1 unspecified atom stereocenters. The standard InChI is InChI=1S/C22H31N3O3/c1-22(2,3)18(21(27)28-4)24-20(26)17-14-25(13-15-9-6-5-7-10-15)19-16(17)11-8-12-23-19/h8,11-12,14-15,18H,5-7,9-10,13H2,1-4H3,(H,24,26). The third-order valence-corrected chi connectivity index (χ3v) is 5.64. The zero-order valence-corrected chi connectivity index (χ0v) is 17.3. The van der Waals surface area contributed by atoms with Gasteiger partial charge in [0.15, 0.2) is 0 Å². The topological polar surface area (TPSA) is 73.2 Å². The van der Waals surface area contributed by atoms with Gasteiger partial charge in [-0.3, -0.25) is 4.79 Å². The summed E-state index contributed by atoms with van der Waals surface area (Å²) in [5.41, 5.74) is 0.919. The molecule has 6 heteroatoms. The SMILES string of the molecule is COC(=O)C(NC(=O)c1cn(CC2CCCCC2)c2ncccc12)C(C)(C)C. The van der Waals surface area contributed by atoms with Crippen molar-refractivity contribution in [2.75, 3.05) is 7.11 Å². The molecule has 152 valence electrons. The second-order valence-electron chi connectivity index (χ2n) is 8.87. The summed E-state index contributed by atoms with van der Waals surface area (Å²) in [4.78, 5) is 29.8. The van der Waals surface area contributed by atoms with Crippen LogP contribution < -0.4 is 5.32 Å². The first kappa shape index (κ1) is 20.4. The number of rotatable bonds is 5. The highest BCUT2D eigenvalue weighted by Gasteiger charge is 2.34. The average Bonchev–Trinajstić information content (AvgIpc) is 3.04. The molecule has 0 saturated heterocycles. The molecule has 0 radical (unpaired) electrons. The van der Waals surface area contributed by atoms with Crippen LogP contribution >= 0.6 is 0 Å². The van der Waals surface area contributed by atoms with Crippen molar-refractivity contribution in [3.05, 3.63) is 30.1 Å². The number of esters is 1. The van der Waals surface area contributed by atoms with Crippen molar-refractivity contribution in [1.29, 1.82) is 0 Å². The number of hydrogen-bond donors (Lipinski definition) is 1. The van der Waals surface area contributed by atoms with Gasteiger partial charge in [-0.25, -0.2) is 9.78 Å². The molecule has 1 aliphatic rings. The molecule has 2 heterocycles. The molecule has 2 aromatic rings. The van der Waals surface area contributed by atoms with Crippen LogP contribution in [-0.2, 0) is 16.1 Å². The number of hydrogen-bond acceptors (Lipinski definition) is 4. The zero-order valence-electron chi connectivity index (χ0n) is 17.3. The highest BCUT2D eigenvalue weighted by atomic mass is 16.5. The van der Waals surface area contributed by atoms with Crippen molar-refractivity contribution in [2.24, 2.45) is 11.3 Å². The van der Waals surface area contributed by atoms with Gasteiger partial charge in [0.05, 0.1) is 12.7 Å². The van der Waals surface area contributed by atoms with Gasteiger partial charge in [0, 0.05) is 24.3 Å². The second-order valence-corrected chi connectivity index (χ2v) is 8.87. The quantitative estimate of drug-likeness (QED) is 0.792. The number of amides is 1. The maximum atomic E-state index is 13.1. The summed E-state index contributed by atoms with van der Waals surface area (Å²) in [6, 6.07) is 3.03. The molecule has 0 bridgehead atoms. The fourth-order valence-electron chi connectivity index (χ4n) is 4.05. The van der Waals surface area contributed by atoms with Crippen molar-refractivity contribution >= 4 is 22.9 Å². The molecular weight excluding hydrogens is 354 g/mol. The number of ether oxygens (including phenoxy) is 1. The van der Waals surface area contributed by atoms with Crippen LogP contribution in [0.15, 0.2) is 24.5 Å². The Balaban J connectivity index is 1.89. The Morgan fingerprint density at radius 3 is 2.64 bits per heavy atom. The number of nitrogens with zero attached hydrogens (tertiary/aromatic N) is 2. The number of aromatic nitrogens is 2. The van der Waals surface area contributed by atoms with E-state index in [1.165, 1.54) is 39.2 Å². The van der Waals surface area contributed by atoms with Gasteiger partial charge in [-0.05, 0) is 36.3 Å². The Bertz CT molecular complexity index is 844. The number of carbonyl (C=O) groups excluding carboxylic acids is 2. The molecule has 1 aliphatic carbocycles. The lowest BCUT2D eigenvalue weighted by atomic mass is 9.86. The largest absolute Gasteiger partial charge is 0.467 e. The summed E-state index contributed by atoms with van der Waals surface area (Å²) in [5.74, 6) is -0.0877. The van der Waals surface area contributed by atoms with E-state index < -0.39 is 17.4 Å². The van der Waals surface area contributed by atoms with E-state index in [4.69, 9.17) is 4.74 Å². The Labute approximate surface area is 166 Å². The predicted molar refractivity (Wildman–Crippen MR) is 109 cm³/mol. The summed E-state index contributed by atoms with van der Waals surface area (Å²) < 4.78 is 7.00. The first-order valence-electron chi connectivity index (χ1n) is 10.1. The van der Waals surface area contributed by atoms with Gasteiger partial charge in [-0.15, -0.1) is 0 Å². The number of fused-ring (bicyclic) bond motifs is 1. The Kier molecular flexibility index (Phi) is 6.06. The Hall–Kier alpha value is -2.37. The predicted octanol–water partition coefficient (Wildman–Crippen LogP) is 3.93. The van der Waals surface area contributed by atoms with E-state index in [9.17, 15) is 9.59 Å². The zero-order chi connectivity index (χ0) is 20.3. The summed E-state index contributed by atoms with van der Waals surface area (Å²) >= 11 is 0. The molecule has 1 fully saturated rings. The Morgan fingerprint density at radius 2 is 2.00 bits per heavy atom. The lowest BCUT2D eigenvalue weighted by Gasteiger charge is -2.28. The molecule has 1 atom stereocenters. The first-order chi connectivity index (χ1) is 13.3. The molecule has 28 heavy (non-hydrogen) atoms. The van der Waals surface area contributed by atoms with E-state index in [2.05, 4.69) is 14.9 Å². The van der Waals surface area contributed by atoms with E-state index in [1.54, 1.807) is 6.20 Å². The summed E-state index contributed by atoms with van der Waals surface area (Å²) in [6.45, 7) is 6.59. The van der Waals surface area contributed by atoms with Gasteiger partial charge in [-0.2, -0.15) is 0 Å². The minimum atomic E-state index is -0.724. The van der Waals surface area contributed by atoms with Gasteiger partial charge in [0.1, 0.15) is 11.7 Å². The molecule has 2 aromatic heterocycles. The normalized spacial score (nSPS) is 16.7. The van der Waals surface area contributed by atoms with Crippen LogP contribution in [0.3, 0.4) is 0 Å². The van der Waals surface area contributed by atoms with Crippen LogP contribution in [0, 0.1) is 11.3 Å². The van der Waals surface area contributed by atoms with Crippen molar-refractivity contribution in [3.8, 4) is 0 Å². The smallest absolute Gasteiger partial charge is 0.328 e. The minimum absolute atomic E-state index is 0.272. The molecule has 0 aromatic carbocycles. The summed E-state index contributed by atoms with van der Waals surface area (Å²) in [7, 11) is 1.34. The third kappa shape index (κ3) is 4.37. The molecule has 3 rings (SSSR count). The minimum Gasteiger partial charge on any atom is -0.467 e. The monoisotopic (exact) mass is 385 g/mol. The van der Waals surface area contributed by atoms with Gasteiger partial charge < -0.3 is 14.6 Å². The fourth-order valence-corrected chi connectivity index (χ4v) is 4.05. The molecule has 0 aliphatic heterocycles. The van der Waals surface area contributed by atoms with Gasteiger partial charge in [0.2, 0.25) is 0 Å². The molecule has 6 nitrogen and oxygen atoms in total. The summed E-state index contributed by atoms with van der Waals surface area (Å²) in [6.07, 6.45) is 9.96. The average molecular weight is 386 g/mol. The molecule has 1 saturated carbocycles. The van der Waals surface area contributed by atoms with Crippen molar-refractivity contribution in [1.82, 2.24) is 14.9 Å².